The monoisotopic (exact) mass is 588 g/mol. The highest BCUT2D eigenvalue weighted by Gasteiger charge is 2.35. The lowest BCUT2D eigenvalue weighted by atomic mass is 10.00. The molecule has 0 radical (unpaired) electrons. The standard InChI is InChI=1S/C33H28F4N2O.CO2/c1-20-22(3)39(19-23-9-11-25(12-10-23)24-7-5-4-6-8-24)31-16-13-26(17-29(20)31)32(40)38-21(2)28-15-14-27(34)18-30(28)33(35,36)37;2-1-3/h4-18,21H,19H2,1-3H3,(H,38,40);/t21-;/m1./s1. The van der Waals surface area contributed by atoms with Crippen molar-refractivity contribution in [2.24, 2.45) is 0 Å². The summed E-state index contributed by atoms with van der Waals surface area (Å²) in [5.74, 6) is -1.49. The normalized spacial score (nSPS) is 11.8. The van der Waals surface area contributed by atoms with Crippen molar-refractivity contribution in [2.45, 2.75) is 39.5 Å². The summed E-state index contributed by atoms with van der Waals surface area (Å²) in [4.78, 5) is 29.3. The predicted octanol–water partition coefficient (Wildman–Crippen LogP) is 8.04. The molecule has 9 heteroatoms. The van der Waals surface area contributed by atoms with Crippen molar-refractivity contribution >= 4 is 23.0 Å². The minimum absolute atomic E-state index is 0.195. The first-order valence-corrected chi connectivity index (χ1v) is 13.3. The highest BCUT2D eigenvalue weighted by molar-refractivity contribution is 5.99. The van der Waals surface area contributed by atoms with E-state index in [-0.39, 0.29) is 11.7 Å². The van der Waals surface area contributed by atoms with Crippen molar-refractivity contribution in [1.82, 2.24) is 9.88 Å². The van der Waals surface area contributed by atoms with Gasteiger partial charge >= 0.3 is 12.3 Å². The van der Waals surface area contributed by atoms with Crippen molar-refractivity contribution in [3.8, 4) is 11.1 Å². The van der Waals surface area contributed by atoms with Crippen molar-refractivity contribution in [3.63, 3.8) is 0 Å². The maximum atomic E-state index is 13.5. The van der Waals surface area contributed by atoms with Crippen molar-refractivity contribution < 1.29 is 31.9 Å². The average molecular weight is 589 g/mol. The molecule has 0 spiro atoms. The predicted molar refractivity (Wildman–Crippen MR) is 155 cm³/mol. The van der Waals surface area contributed by atoms with Crippen LogP contribution in [0.5, 0.6) is 0 Å². The van der Waals surface area contributed by atoms with Gasteiger partial charge in [0.2, 0.25) is 0 Å². The minimum Gasteiger partial charge on any atom is -0.346 e. The smallest absolute Gasteiger partial charge is 0.346 e. The van der Waals surface area contributed by atoms with E-state index in [1.54, 1.807) is 12.1 Å². The van der Waals surface area contributed by atoms with Crippen LogP contribution >= 0.6 is 0 Å². The van der Waals surface area contributed by atoms with Gasteiger partial charge < -0.3 is 9.88 Å². The first-order valence-electron chi connectivity index (χ1n) is 13.3. The summed E-state index contributed by atoms with van der Waals surface area (Å²) in [5.41, 5.74) is 5.52. The molecule has 5 rings (SSSR count). The summed E-state index contributed by atoms with van der Waals surface area (Å²) >= 11 is 0. The fraction of sp³-hybridized carbons (Fsp3) is 0.176. The lowest BCUT2D eigenvalue weighted by Crippen LogP contribution is -2.28. The van der Waals surface area contributed by atoms with Gasteiger partial charge in [-0.05, 0) is 78.9 Å². The van der Waals surface area contributed by atoms with Gasteiger partial charge in [0.15, 0.2) is 0 Å². The van der Waals surface area contributed by atoms with Gasteiger partial charge in [0.25, 0.3) is 5.91 Å². The molecule has 4 aromatic carbocycles. The lowest BCUT2D eigenvalue weighted by molar-refractivity contribution is -0.191. The molecule has 0 bridgehead atoms. The van der Waals surface area contributed by atoms with E-state index < -0.39 is 29.5 Å². The van der Waals surface area contributed by atoms with Crippen LogP contribution in [0.25, 0.3) is 22.0 Å². The molecule has 1 amide bonds. The Hall–Kier alpha value is -5.01. The van der Waals surface area contributed by atoms with E-state index in [2.05, 4.69) is 46.3 Å². The molecule has 220 valence electrons. The number of benzene rings is 4. The summed E-state index contributed by atoms with van der Waals surface area (Å²) in [6, 6.07) is 25.4. The second kappa shape index (κ2) is 12.9. The zero-order valence-corrected chi connectivity index (χ0v) is 23.6. The fourth-order valence-corrected chi connectivity index (χ4v) is 5.12. The Morgan fingerprint density at radius 2 is 1.51 bits per heavy atom. The number of amides is 1. The fourth-order valence-electron chi connectivity index (χ4n) is 5.12. The van der Waals surface area contributed by atoms with Crippen LogP contribution in [0.15, 0.2) is 91.0 Å². The first kappa shape index (κ1) is 30.9. The third-order valence-electron chi connectivity index (χ3n) is 7.44. The van der Waals surface area contributed by atoms with Crippen LogP contribution in [0.3, 0.4) is 0 Å². The molecule has 1 aromatic heterocycles. The number of aryl methyl sites for hydroxylation is 1. The van der Waals surface area contributed by atoms with Crippen molar-refractivity contribution in [3.05, 3.63) is 130 Å². The highest BCUT2D eigenvalue weighted by Crippen LogP contribution is 2.35. The lowest BCUT2D eigenvalue weighted by Gasteiger charge is -2.20. The maximum Gasteiger partial charge on any atom is 0.416 e. The number of nitrogens with zero attached hydrogens (tertiary/aromatic N) is 1. The number of carbonyl (C=O) groups is 1. The number of hydrogen-bond acceptors (Lipinski definition) is 3. The van der Waals surface area contributed by atoms with Gasteiger partial charge in [-0.25, -0.2) is 4.39 Å². The molecule has 43 heavy (non-hydrogen) atoms. The summed E-state index contributed by atoms with van der Waals surface area (Å²) in [6.45, 7) is 6.13. The Kier molecular flexibility index (Phi) is 9.27. The third-order valence-corrected chi connectivity index (χ3v) is 7.44. The van der Waals surface area contributed by atoms with Crippen LogP contribution in [0, 0.1) is 19.7 Å². The molecule has 1 atom stereocenters. The Morgan fingerprint density at radius 1 is 0.884 bits per heavy atom. The van der Waals surface area contributed by atoms with Crippen LogP contribution < -0.4 is 5.32 Å². The maximum absolute atomic E-state index is 13.5. The van der Waals surface area contributed by atoms with Crippen LogP contribution in [0.1, 0.15) is 51.3 Å². The number of aromatic nitrogens is 1. The van der Waals surface area contributed by atoms with Gasteiger partial charge in [0.05, 0.1) is 11.6 Å². The largest absolute Gasteiger partial charge is 0.416 e. The molecule has 0 saturated carbocycles. The summed E-state index contributed by atoms with van der Waals surface area (Å²) < 4.78 is 56.2. The molecule has 0 aliphatic carbocycles. The average Bonchev–Trinajstić information content (AvgIpc) is 3.22. The quantitative estimate of drug-likeness (QED) is 0.204. The van der Waals surface area contributed by atoms with E-state index in [1.807, 2.05) is 38.1 Å². The van der Waals surface area contributed by atoms with Crippen molar-refractivity contribution in [1.29, 1.82) is 0 Å². The molecule has 1 N–H and O–H groups in total. The van der Waals surface area contributed by atoms with Gasteiger partial charge in [-0.2, -0.15) is 22.8 Å². The second-order valence-corrected chi connectivity index (χ2v) is 10.1. The zero-order valence-electron chi connectivity index (χ0n) is 23.6. The molecule has 5 aromatic rings. The number of fused-ring (bicyclic) bond motifs is 1. The molecule has 0 unspecified atom stereocenters. The number of hydrogen-bond donors (Lipinski definition) is 1. The van der Waals surface area contributed by atoms with E-state index in [9.17, 15) is 22.4 Å². The van der Waals surface area contributed by atoms with Gasteiger partial charge in [0.1, 0.15) is 5.82 Å². The molecular weight excluding hydrogens is 560 g/mol. The van der Waals surface area contributed by atoms with Gasteiger partial charge in [0, 0.05) is 28.7 Å². The van der Waals surface area contributed by atoms with Crippen LogP contribution in [0.2, 0.25) is 0 Å². The molecule has 0 aliphatic heterocycles. The van der Waals surface area contributed by atoms with Crippen LogP contribution in [-0.4, -0.2) is 16.6 Å². The topological polar surface area (TPSA) is 68.2 Å². The van der Waals surface area contributed by atoms with Crippen LogP contribution in [0.4, 0.5) is 17.6 Å². The van der Waals surface area contributed by atoms with Crippen molar-refractivity contribution in [2.75, 3.05) is 0 Å². The Labute approximate surface area is 245 Å². The number of rotatable bonds is 6. The number of halogens is 4. The molecule has 0 fully saturated rings. The SMILES string of the molecule is Cc1c(C)n(Cc2ccc(-c3ccccc3)cc2)c2ccc(C(=O)N[C@H](C)c3ccc(F)cc3C(F)(F)F)cc12.O=C=O. The summed E-state index contributed by atoms with van der Waals surface area (Å²) in [6.07, 6.45) is -4.49. The Bertz CT molecular complexity index is 1790. The van der Waals surface area contributed by atoms with Gasteiger partial charge in [-0.3, -0.25) is 4.79 Å². The van der Waals surface area contributed by atoms with E-state index in [0.717, 1.165) is 51.0 Å². The Balaban J connectivity index is 0.00000135. The number of alkyl halides is 3. The van der Waals surface area contributed by atoms with E-state index >= 15 is 0 Å². The minimum atomic E-state index is -4.74. The summed E-state index contributed by atoms with van der Waals surface area (Å²) in [5, 5.41) is 3.54. The van der Waals surface area contributed by atoms with E-state index in [4.69, 9.17) is 9.59 Å². The molecule has 0 saturated heterocycles. The second-order valence-electron chi connectivity index (χ2n) is 10.1. The van der Waals surface area contributed by atoms with E-state index in [1.165, 1.54) is 6.92 Å². The zero-order chi connectivity index (χ0) is 31.3. The first-order chi connectivity index (χ1) is 20.4. The van der Waals surface area contributed by atoms with Gasteiger partial charge in [-0.15, -0.1) is 0 Å². The number of nitrogens with one attached hydrogen (secondary N) is 1. The van der Waals surface area contributed by atoms with Gasteiger partial charge in [-0.1, -0.05) is 60.7 Å². The number of carbonyl (C=O) groups excluding carboxylic acids is 3. The van der Waals surface area contributed by atoms with Crippen LogP contribution in [-0.2, 0) is 22.3 Å². The highest BCUT2D eigenvalue weighted by atomic mass is 19.4. The molecular formula is C34H28F4N2O3. The molecule has 5 nitrogen and oxygen atoms in total. The third kappa shape index (κ3) is 6.90. The Morgan fingerprint density at radius 3 is 2.14 bits per heavy atom. The molecule has 0 aliphatic rings. The summed E-state index contributed by atoms with van der Waals surface area (Å²) in [7, 11) is 0. The molecule has 1 heterocycles. The van der Waals surface area contributed by atoms with E-state index in [0.29, 0.717) is 18.2 Å².